The van der Waals surface area contributed by atoms with Gasteiger partial charge in [-0.1, -0.05) is 192 Å². The average molecular weight is 786 g/mol. The average Bonchev–Trinajstić information content (AvgIpc) is 3.16. The van der Waals surface area contributed by atoms with E-state index in [2.05, 4.69) is 38.2 Å². The Bertz CT molecular complexity index is 884. The second kappa shape index (κ2) is 43.1. The summed E-state index contributed by atoms with van der Waals surface area (Å²) in [5.41, 5.74) is 5.37. The van der Waals surface area contributed by atoms with Crippen LogP contribution in [0.5, 0.6) is 0 Å². The number of carbonyl (C=O) groups excluding carboxylic acids is 1. The largest absolute Gasteiger partial charge is 0.472 e. The Morgan fingerprint density at radius 3 is 1.48 bits per heavy atom. The van der Waals surface area contributed by atoms with E-state index >= 15 is 0 Å². The van der Waals surface area contributed by atoms with Crippen molar-refractivity contribution in [1.82, 2.24) is 0 Å². The molecule has 2 unspecified atom stereocenters. The van der Waals surface area contributed by atoms with E-state index in [1.165, 1.54) is 161 Å². The van der Waals surface area contributed by atoms with E-state index in [1.54, 1.807) is 0 Å². The fraction of sp³-hybridized carbons (Fsp3) is 0.889. The normalized spacial score (nSPS) is 13.6. The van der Waals surface area contributed by atoms with Gasteiger partial charge in [-0.25, -0.2) is 4.57 Å². The van der Waals surface area contributed by atoms with E-state index in [1.807, 2.05) is 0 Å². The number of rotatable bonds is 44. The van der Waals surface area contributed by atoms with E-state index in [9.17, 15) is 14.3 Å². The zero-order chi connectivity index (χ0) is 39.5. The lowest BCUT2D eigenvalue weighted by Crippen LogP contribution is -2.28. The quantitative estimate of drug-likeness (QED) is 0.0271. The van der Waals surface area contributed by atoms with E-state index in [0.29, 0.717) is 13.0 Å². The third-order valence-electron chi connectivity index (χ3n) is 9.87. The van der Waals surface area contributed by atoms with Gasteiger partial charge in [-0.05, 0) is 44.9 Å². The Morgan fingerprint density at radius 1 is 0.556 bits per heavy atom. The number of carbonyl (C=O) groups is 1. The molecule has 0 aromatic heterocycles. The minimum Gasteiger partial charge on any atom is -0.457 e. The Hall–Kier alpha value is -1.02. The van der Waals surface area contributed by atoms with Gasteiger partial charge in [0.2, 0.25) is 0 Å². The molecule has 0 aromatic carbocycles. The fourth-order valence-corrected chi connectivity index (χ4v) is 7.26. The highest BCUT2D eigenvalue weighted by molar-refractivity contribution is 7.47. The molecule has 0 saturated carbocycles. The molecule has 0 radical (unpaired) electrons. The Morgan fingerprint density at radius 2 is 0.981 bits per heavy atom. The Balaban J connectivity index is 3.98. The summed E-state index contributed by atoms with van der Waals surface area (Å²) in [6, 6.07) is 0. The van der Waals surface area contributed by atoms with Crippen LogP contribution in [0.15, 0.2) is 24.3 Å². The lowest BCUT2D eigenvalue weighted by molar-refractivity contribution is -0.154. The van der Waals surface area contributed by atoms with Crippen LogP contribution >= 0.6 is 7.82 Å². The maximum Gasteiger partial charge on any atom is 0.472 e. The number of nitrogens with two attached hydrogens (primary N) is 1. The molecule has 0 heterocycles. The molecule has 0 saturated heterocycles. The summed E-state index contributed by atoms with van der Waals surface area (Å²) >= 11 is 0. The van der Waals surface area contributed by atoms with Crippen LogP contribution in [0, 0.1) is 0 Å². The maximum absolute atomic E-state index is 12.6. The molecule has 54 heavy (non-hydrogen) atoms. The van der Waals surface area contributed by atoms with Crippen molar-refractivity contribution < 1.29 is 32.8 Å². The number of ether oxygens (including phenoxy) is 2. The second-order valence-electron chi connectivity index (χ2n) is 15.3. The molecule has 320 valence electrons. The van der Waals surface area contributed by atoms with Gasteiger partial charge in [-0.2, -0.15) is 0 Å². The van der Waals surface area contributed by atoms with E-state index in [4.69, 9.17) is 24.3 Å². The zero-order valence-corrected chi connectivity index (χ0v) is 36.4. The van der Waals surface area contributed by atoms with Gasteiger partial charge in [-0.3, -0.25) is 13.8 Å². The van der Waals surface area contributed by atoms with Crippen molar-refractivity contribution in [3.05, 3.63) is 24.3 Å². The Labute approximate surface area is 334 Å². The van der Waals surface area contributed by atoms with Gasteiger partial charge in [0.25, 0.3) is 0 Å². The highest BCUT2D eigenvalue weighted by Gasteiger charge is 2.25. The molecule has 0 spiro atoms. The molecule has 2 atom stereocenters. The number of hydrogen-bond donors (Lipinski definition) is 2. The fourth-order valence-electron chi connectivity index (χ4n) is 6.50. The molecular formula is C45H88NO7P. The highest BCUT2D eigenvalue weighted by atomic mass is 31.2. The van der Waals surface area contributed by atoms with Crippen LogP contribution in [0.1, 0.15) is 219 Å². The predicted molar refractivity (Wildman–Crippen MR) is 229 cm³/mol. The molecule has 0 aliphatic heterocycles. The first-order valence-corrected chi connectivity index (χ1v) is 24.3. The van der Waals surface area contributed by atoms with Gasteiger partial charge in [-0.15, -0.1) is 0 Å². The van der Waals surface area contributed by atoms with Gasteiger partial charge >= 0.3 is 13.8 Å². The first-order chi connectivity index (χ1) is 26.4. The van der Waals surface area contributed by atoms with E-state index in [-0.39, 0.29) is 32.3 Å². The van der Waals surface area contributed by atoms with E-state index in [0.717, 1.165) is 38.5 Å². The molecule has 0 aliphatic carbocycles. The lowest BCUT2D eigenvalue weighted by atomic mass is 10.0. The molecular weight excluding hydrogens is 697 g/mol. The molecule has 0 fully saturated rings. The van der Waals surface area contributed by atoms with Gasteiger partial charge in [0, 0.05) is 19.6 Å². The Kier molecular flexibility index (Phi) is 42.3. The number of unbranched alkanes of at least 4 members (excludes halogenated alkanes) is 27. The number of esters is 1. The first kappa shape index (κ1) is 53.0. The topological polar surface area (TPSA) is 117 Å². The predicted octanol–water partition coefficient (Wildman–Crippen LogP) is 13.6. The summed E-state index contributed by atoms with van der Waals surface area (Å²) < 4.78 is 33.5. The summed E-state index contributed by atoms with van der Waals surface area (Å²) in [5.74, 6) is -0.331. The van der Waals surface area contributed by atoms with Crippen LogP contribution in [0.2, 0.25) is 0 Å². The van der Waals surface area contributed by atoms with Crippen LogP contribution in [-0.2, 0) is 27.9 Å². The molecule has 9 heteroatoms. The van der Waals surface area contributed by atoms with Crippen molar-refractivity contribution in [3.63, 3.8) is 0 Å². The minimum atomic E-state index is -4.27. The maximum atomic E-state index is 12.6. The van der Waals surface area contributed by atoms with Crippen LogP contribution in [0.25, 0.3) is 0 Å². The summed E-state index contributed by atoms with van der Waals surface area (Å²) in [7, 11) is -4.27. The molecule has 0 rings (SSSR count). The van der Waals surface area contributed by atoms with Gasteiger partial charge in [0.1, 0.15) is 6.10 Å². The van der Waals surface area contributed by atoms with Crippen molar-refractivity contribution in [3.8, 4) is 0 Å². The summed E-state index contributed by atoms with van der Waals surface area (Å²) in [4.78, 5) is 22.5. The van der Waals surface area contributed by atoms with Gasteiger partial charge < -0.3 is 20.1 Å². The smallest absolute Gasteiger partial charge is 0.457 e. The molecule has 0 bridgehead atoms. The monoisotopic (exact) mass is 786 g/mol. The summed E-state index contributed by atoms with van der Waals surface area (Å²) in [6.07, 6.45) is 47.6. The van der Waals surface area contributed by atoms with Gasteiger partial charge in [0.05, 0.1) is 19.8 Å². The SMILES string of the molecule is CCCCC/C=C\C/C=C\CCCCCCCCCCCC(=O)OC(COCCCCCCCCCCCCCCCCCC)COP(=O)(O)OCCN. The molecule has 8 nitrogen and oxygen atoms in total. The van der Waals surface area contributed by atoms with E-state index < -0.39 is 13.9 Å². The van der Waals surface area contributed by atoms with Crippen molar-refractivity contribution in [2.24, 2.45) is 5.73 Å². The molecule has 0 aromatic rings. The first-order valence-electron chi connectivity index (χ1n) is 22.8. The molecule has 0 amide bonds. The van der Waals surface area contributed by atoms with Crippen LogP contribution in [-0.4, -0.2) is 49.9 Å². The van der Waals surface area contributed by atoms with Crippen molar-refractivity contribution >= 4 is 13.8 Å². The summed E-state index contributed by atoms with van der Waals surface area (Å²) in [5, 5.41) is 0. The van der Waals surface area contributed by atoms with Crippen LogP contribution in [0.3, 0.4) is 0 Å². The third kappa shape index (κ3) is 42.1. The zero-order valence-electron chi connectivity index (χ0n) is 35.5. The van der Waals surface area contributed by atoms with Crippen molar-refractivity contribution in [2.75, 3.05) is 33.0 Å². The highest BCUT2D eigenvalue weighted by Crippen LogP contribution is 2.43. The van der Waals surface area contributed by atoms with Crippen LogP contribution < -0.4 is 5.73 Å². The number of phosphoric ester groups is 1. The molecule has 3 N–H and O–H groups in total. The standard InChI is InChI=1S/C45H88NO7P/c1-3-5-7-9-11-13-15-17-19-21-22-23-24-26-28-30-32-34-36-38-45(47)53-44(43-52-54(48,49)51-41-39-46)42-50-40-37-35-33-31-29-27-25-20-18-16-14-12-10-8-6-4-2/h11,13,17,19,44H,3-10,12,14-16,18,20-43,46H2,1-2H3,(H,48,49)/b13-11-,19-17-. The number of allylic oxidation sites excluding steroid dienone is 4. The molecule has 0 aliphatic rings. The number of phosphoric acid groups is 1. The van der Waals surface area contributed by atoms with Crippen molar-refractivity contribution in [1.29, 1.82) is 0 Å². The third-order valence-corrected chi connectivity index (χ3v) is 10.9. The van der Waals surface area contributed by atoms with Crippen molar-refractivity contribution in [2.45, 2.75) is 225 Å². The summed E-state index contributed by atoms with van der Waals surface area (Å²) in [6.45, 7) is 4.93. The number of hydrogen-bond acceptors (Lipinski definition) is 7. The van der Waals surface area contributed by atoms with Crippen LogP contribution in [0.4, 0.5) is 0 Å². The lowest BCUT2D eigenvalue weighted by Gasteiger charge is -2.20. The minimum absolute atomic E-state index is 0.0941. The second-order valence-corrected chi connectivity index (χ2v) is 16.7. The van der Waals surface area contributed by atoms with Gasteiger partial charge in [0.15, 0.2) is 0 Å².